The Morgan fingerprint density at radius 2 is 1.13 bits per heavy atom. The number of benzene rings is 3. The molecule has 0 nitrogen and oxygen atoms in total. The monoisotopic (exact) mass is 524 g/mol. The van der Waals surface area contributed by atoms with Gasteiger partial charge in [0.1, 0.15) is 0 Å². The van der Waals surface area contributed by atoms with E-state index >= 15 is 0 Å². The van der Waals surface area contributed by atoms with E-state index in [4.69, 9.17) is 17.0 Å². The summed E-state index contributed by atoms with van der Waals surface area (Å²) in [6.45, 7) is 2.12. The van der Waals surface area contributed by atoms with Crippen molar-refractivity contribution in [3.63, 3.8) is 0 Å². The van der Waals surface area contributed by atoms with Crippen molar-refractivity contribution in [3.05, 3.63) is 124 Å². The standard InChI is InChI=1S/C15H11.C10H9.2CH3.CH2.2ClH.Zr/c1-2-6-12(7-3-1)15-10-13-8-4-5-9-14(13)11-15;1-8-6-9-4-2-3-5-10(9)7-8;;;;;;/h1-11H;2-7H,1H3;2*1H3;1H2;2*1H;/q4*-1;;;;+2/p-2. The van der Waals surface area contributed by atoms with Crippen molar-refractivity contribution >= 4 is 42.8 Å². The minimum absolute atomic E-state index is 0. The van der Waals surface area contributed by atoms with Gasteiger partial charge in [0.05, 0.1) is 0 Å². The number of hydrogen-bond donors (Lipinski definition) is 0. The van der Waals surface area contributed by atoms with Crippen LogP contribution in [0.5, 0.6) is 0 Å². The van der Waals surface area contributed by atoms with Crippen LogP contribution in [0.2, 0.25) is 0 Å². The minimum Gasteiger partial charge on any atom is -0.358 e. The Balaban J connectivity index is 0.000000263. The molecule has 5 aromatic carbocycles. The number of halogens is 2. The van der Waals surface area contributed by atoms with Crippen molar-refractivity contribution in [1.29, 1.82) is 0 Å². The first kappa shape index (κ1) is 27.2. The average Bonchev–Trinajstić information content (AvgIpc) is 3.31. The maximum absolute atomic E-state index is 5.13. The van der Waals surface area contributed by atoms with Gasteiger partial charge in [0.2, 0.25) is 0 Å². The van der Waals surface area contributed by atoms with Crippen LogP contribution in [0.4, 0.5) is 0 Å². The van der Waals surface area contributed by atoms with Gasteiger partial charge in [-0.05, 0) is 0 Å². The van der Waals surface area contributed by atoms with Crippen LogP contribution >= 0.6 is 17.0 Å². The van der Waals surface area contributed by atoms with E-state index in [1.807, 2.05) is 6.07 Å². The molecule has 31 heavy (non-hydrogen) atoms. The summed E-state index contributed by atoms with van der Waals surface area (Å²) in [5, 5.41) is 5.33. The zero-order valence-electron chi connectivity index (χ0n) is 18.3. The van der Waals surface area contributed by atoms with E-state index in [1.165, 1.54) is 38.2 Å². The van der Waals surface area contributed by atoms with E-state index in [2.05, 4.69) is 108 Å². The van der Waals surface area contributed by atoms with E-state index in [1.54, 1.807) is 0 Å². The molecule has 0 aliphatic carbocycles. The molecule has 0 amide bonds. The normalized spacial score (nSPS) is 9.39. The molecular formula is C28H28Cl2Zr-4. The number of rotatable bonds is 1. The maximum atomic E-state index is 5.13. The van der Waals surface area contributed by atoms with Gasteiger partial charge in [0, 0.05) is 0 Å². The van der Waals surface area contributed by atoms with Gasteiger partial charge in [-0.1, -0.05) is 67.1 Å². The van der Waals surface area contributed by atoms with Gasteiger partial charge < -0.3 is 14.9 Å². The molecule has 0 radical (unpaired) electrons. The summed E-state index contributed by atoms with van der Waals surface area (Å²) in [4.78, 5) is 0. The third-order valence-corrected chi connectivity index (χ3v) is 4.49. The molecule has 0 atom stereocenters. The van der Waals surface area contributed by atoms with Crippen LogP contribution in [0, 0.1) is 21.8 Å². The smallest absolute Gasteiger partial charge is 0.0635 e. The molecule has 0 aromatic heterocycles. The third kappa shape index (κ3) is 8.34. The Morgan fingerprint density at radius 3 is 1.65 bits per heavy atom. The number of hydrogen-bond acceptors (Lipinski definition) is 0. The summed E-state index contributed by atoms with van der Waals surface area (Å²) in [6, 6.07) is 36.3. The Bertz CT molecular complexity index is 1130. The second-order valence-electron chi connectivity index (χ2n) is 6.74. The second-order valence-corrected chi connectivity index (χ2v) is 14.9. The van der Waals surface area contributed by atoms with Gasteiger partial charge in [0.15, 0.2) is 0 Å². The topological polar surface area (TPSA) is 0 Å². The van der Waals surface area contributed by atoms with Crippen LogP contribution in [-0.4, -0.2) is 4.21 Å². The van der Waals surface area contributed by atoms with Gasteiger partial charge in [-0.25, -0.2) is 0 Å². The largest absolute Gasteiger partial charge is 0.358 e. The molecule has 5 rings (SSSR count). The van der Waals surface area contributed by atoms with Crippen molar-refractivity contribution in [2.24, 2.45) is 0 Å². The first-order valence-electron chi connectivity index (χ1n) is 9.36. The quantitative estimate of drug-likeness (QED) is 0.191. The molecule has 5 aromatic rings. The Morgan fingerprint density at radius 1 is 0.677 bits per heavy atom. The van der Waals surface area contributed by atoms with Gasteiger partial charge in [-0.2, -0.15) is 6.07 Å². The van der Waals surface area contributed by atoms with Crippen LogP contribution in [0.3, 0.4) is 0 Å². The summed E-state index contributed by atoms with van der Waals surface area (Å²) in [5.41, 5.74) is 3.94. The molecule has 0 N–H and O–H groups in total. The summed E-state index contributed by atoms with van der Waals surface area (Å²) < 4.78 is 3.37. The molecule has 0 bridgehead atoms. The molecule has 0 fully saturated rings. The molecule has 0 aliphatic heterocycles. The Kier molecular flexibility index (Phi) is 11.9. The van der Waals surface area contributed by atoms with Crippen molar-refractivity contribution < 1.29 is 18.9 Å². The van der Waals surface area contributed by atoms with Crippen molar-refractivity contribution in [2.75, 3.05) is 0 Å². The van der Waals surface area contributed by atoms with Crippen molar-refractivity contribution in [2.45, 2.75) is 6.92 Å². The fourth-order valence-electron chi connectivity index (χ4n) is 3.25. The maximum Gasteiger partial charge on any atom is -0.0635 e. The van der Waals surface area contributed by atoms with Gasteiger partial charge in [-0.3, -0.25) is 0 Å². The van der Waals surface area contributed by atoms with Gasteiger partial charge >= 0.3 is 40.1 Å². The summed E-state index contributed by atoms with van der Waals surface area (Å²) in [6.07, 6.45) is 0. The Hall–Kier alpha value is -1.79. The molecule has 0 saturated carbocycles. The van der Waals surface area contributed by atoms with E-state index in [0.29, 0.717) is 0 Å². The molecule has 0 heterocycles. The fourth-order valence-corrected chi connectivity index (χ4v) is 3.25. The van der Waals surface area contributed by atoms with Crippen LogP contribution in [0.15, 0.2) is 103 Å². The SMILES string of the molecule is Cc1cc2ccccc2[cH-]1.[CH2]=[Zr]([Cl])[Cl].[CH3-].[CH3-].c1ccc(-c2cc3ccccc3[cH-]2)cc1. The number of fused-ring (bicyclic) bond motifs is 2. The van der Waals surface area contributed by atoms with Crippen LogP contribution in [0.25, 0.3) is 32.7 Å². The van der Waals surface area contributed by atoms with Crippen LogP contribution in [0.1, 0.15) is 5.56 Å². The number of aryl methyl sites for hydroxylation is 1. The fraction of sp³-hybridized carbons (Fsp3) is 0.0357. The summed E-state index contributed by atoms with van der Waals surface area (Å²) in [7, 11) is 10.3. The molecule has 0 spiro atoms. The molecule has 0 unspecified atom stereocenters. The van der Waals surface area contributed by atoms with Crippen molar-refractivity contribution in [1.82, 2.24) is 0 Å². The zero-order valence-corrected chi connectivity index (χ0v) is 22.2. The second kappa shape index (κ2) is 13.6. The summed E-state index contributed by atoms with van der Waals surface area (Å²) in [5.74, 6) is 0. The van der Waals surface area contributed by atoms with Crippen LogP contribution in [-0.2, 0) is 18.9 Å². The minimum atomic E-state index is -1.85. The third-order valence-electron chi connectivity index (χ3n) is 4.49. The predicted molar refractivity (Wildman–Crippen MR) is 141 cm³/mol. The van der Waals surface area contributed by atoms with E-state index in [9.17, 15) is 0 Å². The molecule has 3 heteroatoms. The van der Waals surface area contributed by atoms with Gasteiger partial charge in [0.25, 0.3) is 0 Å². The summed E-state index contributed by atoms with van der Waals surface area (Å²) >= 11 is -1.85. The van der Waals surface area contributed by atoms with E-state index in [-0.39, 0.29) is 14.9 Å². The molecule has 0 saturated heterocycles. The predicted octanol–water partition coefficient (Wildman–Crippen LogP) is 9.34. The Labute approximate surface area is 202 Å². The average molecular weight is 527 g/mol. The van der Waals surface area contributed by atoms with Crippen LogP contribution < -0.4 is 0 Å². The first-order chi connectivity index (χ1) is 14.0. The first-order valence-corrected chi connectivity index (χ1v) is 17.4. The molecule has 162 valence electrons. The van der Waals surface area contributed by atoms with E-state index in [0.717, 1.165) is 0 Å². The van der Waals surface area contributed by atoms with Crippen molar-refractivity contribution in [3.8, 4) is 11.1 Å². The molecular weight excluding hydrogens is 498 g/mol. The zero-order chi connectivity index (χ0) is 20.6. The van der Waals surface area contributed by atoms with E-state index < -0.39 is 18.9 Å². The van der Waals surface area contributed by atoms with Gasteiger partial charge in [-0.15, -0.1) is 75.1 Å². The molecule has 0 aliphatic rings.